The van der Waals surface area contributed by atoms with Crippen molar-refractivity contribution >= 4 is 21.7 Å². The van der Waals surface area contributed by atoms with Gasteiger partial charge in [-0.15, -0.1) is 0 Å². The summed E-state index contributed by atoms with van der Waals surface area (Å²) in [6, 6.07) is 1.69. The van der Waals surface area contributed by atoms with Crippen molar-refractivity contribution in [1.82, 2.24) is 0 Å². The fourth-order valence-electron chi connectivity index (χ4n) is 1.34. The van der Waals surface area contributed by atoms with E-state index in [9.17, 15) is 13.6 Å². The van der Waals surface area contributed by atoms with E-state index in [4.69, 9.17) is 4.74 Å². The minimum absolute atomic E-state index is 0.0408. The Kier molecular flexibility index (Phi) is 4.86. The van der Waals surface area contributed by atoms with Crippen LogP contribution in [0, 0.1) is 11.6 Å². The molecule has 0 heterocycles. The number of halogens is 3. The molecule has 0 fully saturated rings. The Morgan fingerprint density at radius 2 is 2.12 bits per heavy atom. The van der Waals surface area contributed by atoms with Gasteiger partial charge < -0.3 is 4.74 Å². The van der Waals surface area contributed by atoms with Crippen molar-refractivity contribution < 1.29 is 18.3 Å². The summed E-state index contributed by atoms with van der Waals surface area (Å²) in [5, 5.41) is 0.666. The lowest BCUT2D eigenvalue weighted by atomic mass is 10.1. The Balaban J connectivity index is 3.05. The molecule has 1 rings (SSSR count). The smallest absolute Gasteiger partial charge is 0.168 e. The largest absolute Gasteiger partial charge is 0.493 e. The number of benzene rings is 1. The minimum atomic E-state index is -0.857. The molecule has 0 spiro atoms. The number of hydrogen-bond acceptors (Lipinski definition) is 2. The number of hydrogen-bond donors (Lipinski definition) is 0. The van der Waals surface area contributed by atoms with Gasteiger partial charge in [0.25, 0.3) is 0 Å². The topological polar surface area (TPSA) is 26.3 Å². The summed E-state index contributed by atoms with van der Waals surface area (Å²) in [6.07, 6.45) is 0.838. The van der Waals surface area contributed by atoms with Gasteiger partial charge in [-0.1, -0.05) is 15.9 Å². The van der Waals surface area contributed by atoms with E-state index in [1.54, 1.807) is 0 Å². The van der Waals surface area contributed by atoms with Crippen LogP contribution >= 0.6 is 15.9 Å². The molecule has 0 aliphatic carbocycles. The van der Waals surface area contributed by atoms with Gasteiger partial charge in [0.15, 0.2) is 17.3 Å². The SMILES string of the molecule is COc1c(F)cc(F)cc1C(=O)CCCBr. The van der Waals surface area contributed by atoms with Crippen LogP contribution in [0.2, 0.25) is 0 Å². The first-order valence-corrected chi connectivity index (χ1v) is 5.84. The van der Waals surface area contributed by atoms with Gasteiger partial charge in [-0.25, -0.2) is 8.78 Å². The molecule has 5 heteroatoms. The molecule has 0 radical (unpaired) electrons. The predicted octanol–water partition coefficient (Wildman–Crippen LogP) is 3.33. The van der Waals surface area contributed by atoms with Gasteiger partial charge in [0.2, 0.25) is 0 Å². The molecular weight excluding hydrogens is 282 g/mol. The highest BCUT2D eigenvalue weighted by molar-refractivity contribution is 9.09. The maximum Gasteiger partial charge on any atom is 0.168 e. The number of carbonyl (C=O) groups excluding carboxylic acids is 1. The summed E-state index contributed by atoms with van der Waals surface area (Å²) in [5.41, 5.74) is -0.0408. The predicted molar refractivity (Wildman–Crippen MR) is 60.3 cm³/mol. The molecule has 1 aromatic rings. The van der Waals surface area contributed by atoms with Crippen LogP contribution in [0.3, 0.4) is 0 Å². The van der Waals surface area contributed by atoms with Crippen molar-refractivity contribution in [2.24, 2.45) is 0 Å². The number of ketones is 1. The highest BCUT2D eigenvalue weighted by atomic mass is 79.9. The molecule has 0 aliphatic rings. The molecular formula is C11H11BrF2O2. The molecule has 0 saturated carbocycles. The minimum Gasteiger partial charge on any atom is -0.493 e. The summed E-state index contributed by atoms with van der Waals surface area (Å²) in [4.78, 5) is 11.7. The molecule has 0 N–H and O–H groups in total. The lowest BCUT2D eigenvalue weighted by molar-refractivity contribution is 0.0978. The Hall–Kier alpha value is -0.970. The zero-order valence-corrected chi connectivity index (χ0v) is 10.3. The lowest BCUT2D eigenvalue weighted by Crippen LogP contribution is -2.05. The third kappa shape index (κ3) is 3.01. The molecule has 0 amide bonds. The van der Waals surface area contributed by atoms with Crippen molar-refractivity contribution in [2.75, 3.05) is 12.4 Å². The first-order chi connectivity index (χ1) is 7.60. The first-order valence-electron chi connectivity index (χ1n) is 4.72. The monoisotopic (exact) mass is 292 g/mol. The summed E-state index contributed by atoms with van der Waals surface area (Å²) in [6.45, 7) is 0. The van der Waals surface area contributed by atoms with Gasteiger partial charge in [0.1, 0.15) is 5.82 Å². The van der Waals surface area contributed by atoms with Crippen LogP contribution in [0.5, 0.6) is 5.75 Å². The van der Waals surface area contributed by atoms with Crippen molar-refractivity contribution in [3.63, 3.8) is 0 Å². The third-order valence-corrected chi connectivity index (χ3v) is 2.61. The van der Waals surface area contributed by atoms with Gasteiger partial charge in [0.05, 0.1) is 12.7 Å². The van der Waals surface area contributed by atoms with Crippen molar-refractivity contribution in [1.29, 1.82) is 0 Å². The standard InChI is InChI=1S/C11H11BrF2O2/c1-16-11-8(10(15)3-2-4-12)5-7(13)6-9(11)14/h5-6H,2-4H2,1H3. The van der Waals surface area contributed by atoms with Gasteiger partial charge >= 0.3 is 0 Å². The van der Waals surface area contributed by atoms with Crippen LogP contribution in [0.1, 0.15) is 23.2 Å². The average molecular weight is 293 g/mol. The van der Waals surface area contributed by atoms with Gasteiger partial charge in [-0.05, 0) is 12.5 Å². The molecule has 0 bridgehead atoms. The zero-order chi connectivity index (χ0) is 12.1. The second-order valence-corrected chi connectivity index (χ2v) is 3.98. The van der Waals surface area contributed by atoms with E-state index in [-0.39, 0.29) is 23.5 Å². The summed E-state index contributed by atoms with van der Waals surface area (Å²) >= 11 is 3.18. The molecule has 0 aromatic heterocycles. The van der Waals surface area contributed by atoms with Crippen LogP contribution in [0.15, 0.2) is 12.1 Å². The van der Waals surface area contributed by atoms with Crippen molar-refractivity contribution in [2.45, 2.75) is 12.8 Å². The average Bonchev–Trinajstić information content (AvgIpc) is 2.24. The van der Waals surface area contributed by atoms with E-state index in [1.807, 2.05) is 0 Å². The highest BCUT2D eigenvalue weighted by Crippen LogP contribution is 2.25. The molecule has 0 saturated heterocycles. The highest BCUT2D eigenvalue weighted by Gasteiger charge is 2.17. The van der Waals surface area contributed by atoms with Crippen LogP contribution in [0.25, 0.3) is 0 Å². The first kappa shape index (κ1) is 13.1. The number of methoxy groups -OCH3 is 1. The summed E-state index contributed by atoms with van der Waals surface area (Å²) in [7, 11) is 1.25. The van der Waals surface area contributed by atoms with E-state index in [0.29, 0.717) is 17.8 Å². The molecule has 0 aliphatic heterocycles. The second kappa shape index (κ2) is 5.94. The molecule has 16 heavy (non-hydrogen) atoms. The molecule has 2 nitrogen and oxygen atoms in total. The normalized spacial score (nSPS) is 10.2. The molecule has 88 valence electrons. The third-order valence-electron chi connectivity index (χ3n) is 2.05. The van der Waals surface area contributed by atoms with E-state index in [1.165, 1.54) is 7.11 Å². The Morgan fingerprint density at radius 1 is 1.44 bits per heavy atom. The fourth-order valence-corrected chi connectivity index (χ4v) is 1.62. The van der Waals surface area contributed by atoms with E-state index >= 15 is 0 Å². The molecule has 0 unspecified atom stereocenters. The van der Waals surface area contributed by atoms with Crippen molar-refractivity contribution in [3.05, 3.63) is 29.3 Å². The number of rotatable bonds is 5. The number of carbonyl (C=O) groups is 1. The summed E-state index contributed by atoms with van der Waals surface area (Å²) in [5.74, 6) is -2.15. The number of ether oxygens (including phenoxy) is 1. The maximum atomic E-state index is 13.3. The van der Waals surface area contributed by atoms with Gasteiger partial charge in [-0.2, -0.15) is 0 Å². The van der Waals surface area contributed by atoms with Crippen molar-refractivity contribution in [3.8, 4) is 5.75 Å². The lowest BCUT2D eigenvalue weighted by Gasteiger charge is -2.08. The van der Waals surface area contributed by atoms with E-state index in [0.717, 1.165) is 6.07 Å². The Bertz CT molecular complexity index is 394. The maximum absolute atomic E-state index is 13.3. The van der Waals surface area contributed by atoms with Gasteiger partial charge in [0, 0.05) is 17.8 Å². The molecule has 0 atom stereocenters. The second-order valence-electron chi connectivity index (χ2n) is 3.18. The number of Topliss-reactive ketones (excluding diaryl/α,β-unsaturated/α-hetero) is 1. The van der Waals surface area contributed by atoms with Crippen LogP contribution < -0.4 is 4.74 Å². The van der Waals surface area contributed by atoms with Crippen LogP contribution in [-0.4, -0.2) is 18.2 Å². The molecule has 1 aromatic carbocycles. The van der Waals surface area contributed by atoms with Crippen LogP contribution in [-0.2, 0) is 0 Å². The zero-order valence-electron chi connectivity index (χ0n) is 8.73. The fraction of sp³-hybridized carbons (Fsp3) is 0.364. The number of alkyl halides is 1. The van der Waals surface area contributed by atoms with Gasteiger partial charge in [-0.3, -0.25) is 4.79 Å². The Morgan fingerprint density at radius 3 is 2.69 bits per heavy atom. The van der Waals surface area contributed by atoms with Crippen LogP contribution in [0.4, 0.5) is 8.78 Å². The Labute approximate surface area is 101 Å². The van der Waals surface area contributed by atoms with E-state index < -0.39 is 11.6 Å². The van der Waals surface area contributed by atoms with E-state index in [2.05, 4.69) is 15.9 Å². The quantitative estimate of drug-likeness (QED) is 0.615. The summed E-state index contributed by atoms with van der Waals surface area (Å²) < 4.78 is 31.0.